The van der Waals surface area contributed by atoms with Crippen LogP contribution in [0.5, 0.6) is 0 Å². The quantitative estimate of drug-likeness (QED) is 0.506. The lowest BCUT2D eigenvalue weighted by Crippen LogP contribution is -2.19. The predicted octanol–water partition coefficient (Wildman–Crippen LogP) is 2.02. The van der Waals surface area contributed by atoms with Gasteiger partial charge in [-0.1, -0.05) is 12.1 Å². The summed E-state index contributed by atoms with van der Waals surface area (Å²) < 4.78 is 4.62. The highest BCUT2D eigenvalue weighted by molar-refractivity contribution is 6.20. The van der Waals surface area contributed by atoms with Crippen LogP contribution in [0.4, 0.5) is 0 Å². The molecule has 0 aromatic heterocycles. The second-order valence-corrected chi connectivity index (χ2v) is 3.72. The number of hydrogen-bond donors (Lipinski definition) is 0. The molecule has 2 aromatic carbocycles. The fourth-order valence-electron chi connectivity index (χ4n) is 2.02. The van der Waals surface area contributed by atoms with Gasteiger partial charge >= 0.3 is 11.9 Å². The Bertz CT molecular complexity index is 725. The van der Waals surface area contributed by atoms with Gasteiger partial charge in [0.15, 0.2) is 0 Å². The Morgan fingerprint density at radius 3 is 2.59 bits per heavy atom. The van der Waals surface area contributed by atoms with E-state index in [9.17, 15) is 9.59 Å². The molecule has 80 valence electrons. The van der Waals surface area contributed by atoms with Crippen molar-refractivity contribution in [1.29, 1.82) is 5.26 Å². The van der Waals surface area contributed by atoms with Crippen molar-refractivity contribution >= 4 is 22.7 Å². The Labute approximate surface area is 96.0 Å². The molecule has 0 spiro atoms. The van der Waals surface area contributed by atoms with Gasteiger partial charge in [0.2, 0.25) is 0 Å². The van der Waals surface area contributed by atoms with Crippen molar-refractivity contribution in [1.82, 2.24) is 0 Å². The van der Waals surface area contributed by atoms with Crippen LogP contribution in [-0.2, 0) is 4.74 Å². The van der Waals surface area contributed by atoms with Crippen molar-refractivity contribution < 1.29 is 14.3 Å². The van der Waals surface area contributed by atoms with Crippen molar-refractivity contribution in [3.63, 3.8) is 0 Å². The molecule has 0 saturated carbocycles. The Kier molecular flexibility index (Phi) is 1.77. The van der Waals surface area contributed by atoms with Crippen molar-refractivity contribution in [2.24, 2.45) is 0 Å². The number of benzene rings is 2. The summed E-state index contributed by atoms with van der Waals surface area (Å²) in [7, 11) is 0. The molecule has 1 heterocycles. The van der Waals surface area contributed by atoms with E-state index < -0.39 is 11.9 Å². The van der Waals surface area contributed by atoms with Crippen LogP contribution in [0, 0.1) is 11.3 Å². The van der Waals surface area contributed by atoms with E-state index in [-0.39, 0.29) is 5.56 Å². The van der Waals surface area contributed by atoms with Crippen LogP contribution >= 0.6 is 0 Å². The van der Waals surface area contributed by atoms with E-state index in [4.69, 9.17) is 5.26 Å². The third kappa shape index (κ3) is 1.23. The first-order chi connectivity index (χ1) is 8.20. The third-order valence-electron chi connectivity index (χ3n) is 2.73. The molecule has 0 aliphatic carbocycles. The molecule has 0 amide bonds. The van der Waals surface area contributed by atoms with Gasteiger partial charge in [-0.2, -0.15) is 5.26 Å². The number of carbonyl (C=O) groups is 2. The predicted molar refractivity (Wildman–Crippen MR) is 58.4 cm³/mol. The lowest BCUT2D eigenvalue weighted by atomic mass is 9.95. The molecule has 17 heavy (non-hydrogen) atoms. The lowest BCUT2D eigenvalue weighted by molar-refractivity contribution is 0.0391. The molecule has 4 heteroatoms. The lowest BCUT2D eigenvalue weighted by Gasteiger charge is -2.15. The zero-order valence-corrected chi connectivity index (χ0v) is 8.56. The largest absolute Gasteiger partial charge is 0.386 e. The molecule has 2 aromatic rings. The highest BCUT2D eigenvalue weighted by atomic mass is 16.6. The van der Waals surface area contributed by atoms with E-state index in [1.165, 1.54) is 6.07 Å². The maximum Gasteiger partial charge on any atom is 0.346 e. The maximum absolute atomic E-state index is 11.6. The molecule has 0 atom stereocenters. The van der Waals surface area contributed by atoms with E-state index >= 15 is 0 Å². The molecule has 0 N–H and O–H groups in total. The highest BCUT2D eigenvalue weighted by Gasteiger charge is 2.27. The van der Waals surface area contributed by atoms with E-state index in [2.05, 4.69) is 4.74 Å². The van der Waals surface area contributed by atoms with E-state index in [1.54, 1.807) is 24.3 Å². The molecule has 0 bridgehead atoms. The summed E-state index contributed by atoms with van der Waals surface area (Å²) in [5.41, 5.74) is 1.01. The minimum Gasteiger partial charge on any atom is -0.386 e. The summed E-state index contributed by atoms with van der Waals surface area (Å²) in [6.45, 7) is 0. The molecule has 1 aliphatic rings. The average Bonchev–Trinajstić information content (AvgIpc) is 2.35. The molecular formula is C13H5NO3. The minimum absolute atomic E-state index is 0.272. The van der Waals surface area contributed by atoms with Gasteiger partial charge in [-0.25, -0.2) is 9.59 Å². The van der Waals surface area contributed by atoms with Crippen LogP contribution in [-0.4, -0.2) is 11.9 Å². The van der Waals surface area contributed by atoms with Crippen molar-refractivity contribution in [3.8, 4) is 6.07 Å². The molecular weight excluding hydrogens is 218 g/mol. The first kappa shape index (κ1) is 9.55. The summed E-state index contributed by atoms with van der Waals surface area (Å²) >= 11 is 0. The van der Waals surface area contributed by atoms with Gasteiger partial charge in [0.05, 0.1) is 22.8 Å². The summed E-state index contributed by atoms with van der Waals surface area (Å²) in [6.07, 6.45) is 0. The molecule has 3 rings (SSSR count). The molecule has 4 nitrogen and oxygen atoms in total. The van der Waals surface area contributed by atoms with E-state index in [1.807, 2.05) is 6.07 Å². The fraction of sp³-hybridized carbons (Fsp3) is 0. The summed E-state index contributed by atoms with van der Waals surface area (Å²) in [5, 5.41) is 10.1. The number of nitriles is 1. The zero-order valence-electron chi connectivity index (χ0n) is 8.56. The first-order valence-corrected chi connectivity index (χ1v) is 4.94. The molecule has 0 radical (unpaired) electrons. The standard InChI is InChI=1S/C13H5NO3/c14-6-7-4-8-2-1-3-9-11(8)10(5-7)13(16)17-12(9)15/h1-5H. The minimum atomic E-state index is -0.698. The number of rotatable bonds is 0. The summed E-state index contributed by atoms with van der Waals surface area (Å²) in [6, 6.07) is 10.1. The van der Waals surface area contributed by atoms with Gasteiger partial charge in [0, 0.05) is 5.39 Å². The number of cyclic esters (lactones) is 2. The van der Waals surface area contributed by atoms with Crippen LogP contribution in [0.25, 0.3) is 10.8 Å². The van der Waals surface area contributed by atoms with Gasteiger partial charge in [-0.15, -0.1) is 0 Å². The van der Waals surface area contributed by atoms with Gasteiger partial charge in [-0.05, 0) is 23.6 Å². The van der Waals surface area contributed by atoms with Crippen molar-refractivity contribution in [2.75, 3.05) is 0 Å². The summed E-state index contributed by atoms with van der Waals surface area (Å²) in [4.78, 5) is 23.1. The number of nitrogens with zero attached hydrogens (tertiary/aromatic N) is 1. The number of ether oxygens (including phenoxy) is 1. The third-order valence-corrected chi connectivity index (χ3v) is 2.73. The zero-order chi connectivity index (χ0) is 12.0. The van der Waals surface area contributed by atoms with Crippen LogP contribution in [0.3, 0.4) is 0 Å². The van der Waals surface area contributed by atoms with Crippen LogP contribution in [0.1, 0.15) is 26.3 Å². The average molecular weight is 223 g/mol. The normalized spacial score (nSPS) is 13.4. The van der Waals surface area contributed by atoms with Gasteiger partial charge in [0.1, 0.15) is 0 Å². The van der Waals surface area contributed by atoms with Gasteiger partial charge in [0.25, 0.3) is 0 Å². The smallest absolute Gasteiger partial charge is 0.346 e. The Morgan fingerprint density at radius 2 is 1.82 bits per heavy atom. The molecule has 0 saturated heterocycles. The Morgan fingerprint density at radius 1 is 1.06 bits per heavy atom. The van der Waals surface area contributed by atoms with Gasteiger partial charge in [-0.3, -0.25) is 0 Å². The van der Waals surface area contributed by atoms with Gasteiger partial charge < -0.3 is 4.74 Å². The topological polar surface area (TPSA) is 67.2 Å². The van der Waals surface area contributed by atoms with Crippen molar-refractivity contribution in [3.05, 3.63) is 47.0 Å². The second kappa shape index (κ2) is 3.16. The first-order valence-electron chi connectivity index (χ1n) is 4.94. The summed E-state index contributed by atoms with van der Waals surface area (Å²) in [5.74, 6) is -1.34. The molecule has 0 fully saturated rings. The van der Waals surface area contributed by atoms with Crippen LogP contribution < -0.4 is 0 Å². The second-order valence-electron chi connectivity index (χ2n) is 3.72. The van der Waals surface area contributed by atoms with Crippen LogP contribution in [0.15, 0.2) is 30.3 Å². The highest BCUT2D eigenvalue weighted by Crippen LogP contribution is 2.29. The van der Waals surface area contributed by atoms with Crippen LogP contribution in [0.2, 0.25) is 0 Å². The maximum atomic E-state index is 11.6. The number of esters is 2. The fourth-order valence-corrected chi connectivity index (χ4v) is 2.02. The SMILES string of the molecule is N#Cc1cc2c3c(cccc3c1)C(=O)OC2=O. The molecule has 1 aliphatic heterocycles. The molecule has 0 unspecified atom stereocenters. The monoisotopic (exact) mass is 223 g/mol. The van der Waals surface area contributed by atoms with Crippen molar-refractivity contribution in [2.45, 2.75) is 0 Å². The Hall–Kier alpha value is -2.67. The number of hydrogen-bond acceptors (Lipinski definition) is 4. The number of carbonyl (C=O) groups excluding carboxylic acids is 2. The van der Waals surface area contributed by atoms with E-state index in [0.29, 0.717) is 21.9 Å². The Balaban J connectivity index is 2.53. The van der Waals surface area contributed by atoms with E-state index in [0.717, 1.165) is 0 Å².